The number of rotatable bonds is 1. The summed E-state index contributed by atoms with van der Waals surface area (Å²) in [7, 11) is -5.17. The van der Waals surface area contributed by atoms with Crippen LogP contribution in [0.15, 0.2) is 18.3 Å². The number of halogens is 4. The van der Waals surface area contributed by atoms with Crippen LogP contribution in [0.4, 0.5) is 5.69 Å². The van der Waals surface area contributed by atoms with Gasteiger partial charge in [-0.1, -0.05) is 46.4 Å². The fraction of sp³-hybridized carbons (Fsp3) is 0. The summed E-state index contributed by atoms with van der Waals surface area (Å²) >= 11 is 23.6. The van der Waals surface area contributed by atoms with Crippen LogP contribution in [-0.4, -0.2) is 27.5 Å². The van der Waals surface area contributed by atoms with E-state index in [2.05, 4.69) is 9.97 Å². The molecule has 0 saturated heterocycles. The van der Waals surface area contributed by atoms with Crippen LogP contribution in [0.1, 0.15) is 0 Å². The van der Waals surface area contributed by atoms with Crippen molar-refractivity contribution in [3.63, 3.8) is 0 Å². The molecule has 2 N–H and O–H groups in total. The minimum Gasteiger partial charge on any atom is -0.759 e. The van der Waals surface area contributed by atoms with Gasteiger partial charge >= 0.3 is 17.1 Å². The second kappa shape index (κ2) is 9.22. The van der Waals surface area contributed by atoms with E-state index in [-0.39, 0.29) is 37.3 Å². The Hall–Kier alpha value is -0.351. The zero-order valence-electron chi connectivity index (χ0n) is 10.6. The first-order valence-electron chi connectivity index (χ1n) is 5.09. The number of nitrogens with two attached hydrogens (primary N) is 1. The third kappa shape index (κ3) is 7.38. The van der Waals surface area contributed by atoms with Crippen molar-refractivity contribution in [1.82, 2.24) is 9.97 Å². The van der Waals surface area contributed by atoms with Crippen molar-refractivity contribution in [2.45, 2.75) is 0 Å². The molecule has 23 heavy (non-hydrogen) atoms. The van der Waals surface area contributed by atoms with Gasteiger partial charge in [0, 0.05) is 22.3 Å². The van der Waals surface area contributed by atoms with Gasteiger partial charge in [0.1, 0.15) is 10.8 Å². The summed E-state index contributed by atoms with van der Waals surface area (Å²) in [4.78, 5) is 8.14. The Morgan fingerprint density at radius 2 is 1.57 bits per heavy atom. The quantitative estimate of drug-likeness (QED) is 0.299. The average molecular weight is 461 g/mol. The number of pyridine rings is 2. The fourth-order valence-electron chi connectivity index (χ4n) is 1.23. The molecule has 0 radical (unpaired) electrons. The Kier molecular flexibility index (Phi) is 9.08. The number of hydrogen-bond acceptors (Lipinski definition) is 7. The van der Waals surface area contributed by atoms with Crippen molar-refractivity contribution >= 4 is 62.5 Å². The zero-order valence-corrected chi connectivity index (χ0v) is 15.6. The van der Waals surface area contributed by atoms with Crippen molar-refractivity contribution < 1.29 is 34.6 Å². The molecule has 126 valence electrons. The molecule has 0 unspecified atom stereocenters. The molecule has 0 saturated carbocycles. The number of nitrogen functional groups attached to an aromatic ring is 1. The summed E-state index contributed by atoms with van der Waals surface area (Å²) in [6.07, 6.45) is 1.54. The van der Waals surface area contributed by atoms with Crippen molar-refractivity contribution in [1.29, 1.82) is 0 Å². The van der Waals surface area contributed by atoms with Gasteiger partial charge in [0.25, 0.3) is 0 Å². The summed E-state index contributed by atoms with van der Waals surface area (Å²) in [5.41, 5.74) is 7.01. The van der Waals surface area contributed by atoms with Crippen LogP contribution in [0.5, 0.6) is 0 Å². The summed E-state index contributed by atoms with van der Waals surface area (Å²) in [6.45, 7) is 0. The van der Waals surface area contributed by atoms with E-state index in [0.717, 1.165) is 0 Å². The molecule has 0 aliphatic rings. The monoisotopic (exact) mass is 459 g/mol. The molecule has 0 aliphatic heterocycles. The molecular weight excluding hydrogens is 456 g/mol. The minimum atomic E-state index is -5.17. The number of aromatic nitrogens is 2. The Morgan fingerprint density at radius 1 is 1.04 bits per heavy atom. The summed E-state index contributed by atoms with van der Waals surface area (Å²) < 4.78 is 34.1. The summed E-state index contributed by atoms with van der Waals surface area (Å²) in [5.74, 6) is 0. The predicted octanol–water partition coefficient (Wildman–Crippen LogP) is 3.00. The van der Waals surface area contributed by atoms with Crippen LogP contribution < -0.4 is 5.73 Å². The second-order valence-corrected chi connectivity index (χ2v) is 5.88. The Labute approximate surface area is 162 Å². The van der Waals surface area contributed by atoms with Gasteiger partial charge in [-0.2, -0.15) is 0 Å². The first kappa shape index (κ1) is 22.6. The molecule has 0 aliphatic carbocycles. The molecular formula is C10H5Cl4FeN3O4S. The molecule has 0 amide bonds. The first-order chi connectivity index (χ1) is 10.0. The van der Waals surface area contributed by atoms with Crippen molar-refractivity contribution in [3.05, 3.63) is 38.6 Å². The van der Waals surface area contributed by atoms with Gasteiger partial charge in [-0.25, -0.2) is 4.98 Å². The standard InChI is InChI=1S/C10H5Cl4N3.Fe.H2O4S/c11-6-7(12)9(17-10(14)8(6)13)5-3-4(15)1-2-16-5;;1-5(2,3)4/h1-3H,(H2,15,16);;(H2,1,2,3,4)/q;+2;/p-2. The van der Waals surface area contributed by atoms with E-state index in [1.807, 2.05) is 0 Å². The molecule has 13 heteroatoms. The first-order valence-corrected chi connectivity index (χ1v) is 7.93. The zero-order chi connectivity index (χ0) is 17.1. The van der Waals surface area contributed by atoms with Crippen molar-refractivity contribution in [3.8, 4) is 11.4 Å². The van der Waals surface area contributed by atoms with E-state index in [9.17, 15) is 0 Å². The molecule has 7 nitrogen and oxygen atoms in total. The van der Waals surface area contributed by atoms with E-state index < -0.39 is 10.4 Å². The molecule has 0 spiro atoms. The van der Waals surface area contributed by atoms with Crippen LogP contribution >= 0.6 is 46.4 Å². The van der Waals surface area contributed by atoms with E-state index >= 15 is 0 Å². The third-order valence-electron chi connectivity index (χ3n) is 2.01. The molecule has 0 fully saturated rings. The fourth-order valence-corrected chi connectivity index (χ4v) is 2.06. The summed E-state index contributed by atoms with van der Waals surface area (Å²) in [5, 5.41) is 0.526. The topological polar surface area (TPSA) is 132 Å². The molecule has 2 aromatic rings. The van der Waals surface area contributed by atoms with Gasteiger partial charge < -0.3 is 14.8 Å². The van der Waals surface area contributed by atoms with Crippen LogP contribution in [0, 0.1) is 0 Å². The van der Waals surface area contributed by atoms with Crippen molar-refractivity contribution in [2.75, 3.05) is 5.73 Å². The van der Waals surface area contributed by atoms with Crippen molar-refractivity contribution in [2.24, 2.45) is 0 Å². The molecule has 2 rings (SSSR count). The molecule has 2 heterocycles. The van der Waals surface area contributed by atoms with Crippen LogP contribution in [0.2, 0.25) is 20.2 Å². The second-order valence-electron chi connectivity index (χ2n) is 3.58. The number of anilines is 1. The number of hydrogen-bond donors (Lipinski definition) is 1. The maximum atomic E-state index is 8.52. The minimum absolute atomic E-state index is 0. The molecule has 2 aromatic heterocycles. The summed E-state index contributed by atoms with van der Waals surface area (Å²) in [6, 6.07) is 3.27. The largest absolute Gasteiger partial charge is 2.00 e. The smallest absolute Gasteiger partial charge is 0.759 e. The number of nitrogens with zero attached hydrogens (tertiary/aromatic N) is 2. The van der Waals surface area contributed by atoms with Gasteiger partial charge in [0.05, 0.1) is 20.8 Å². The van der Waals surface area contributed by atoms with Crippen LogP contribution in [-0.2, 0) is 27.5 Å². The van der Waals surface area contributed by atoms with E-state index in [0.29, 0.717) is 17.1 Å². The van der Waals surface area contributed by atoms with Gasteiger partial charge in [0.2, 0.25) is 0 Å². The maximum absolute atomic E-state index is 8.52. The Bertz CT molecular complexity index is 799. The van der Waals surface area contributed by atoms with Gasteiger partial charge in [-0.15, -0.1) is 0 Å². The van der Waals surface area contributed by atoms with Gasteiger partial charge in [0.15, 0.2) is 0 Å². The molecule has 0 aromatic carbocycles. The maximum Gasteiger partial charge on any atom is 2.00 e. The normalized spacial score (nSPS) is 10.3. The predicted molar refractivity (Wildman–Crippen MR) is 82.4 cm³/mol. The van der Waals surface area contributed by atoms with Crippen LogP contribution in [0.25, 0.3) is 11.4 Å². The average Bonchev–Trinajstić information content (AvgIpc) is 2.38. The van der Waals surface area contributed by atoms with Crippen LogP contribution in [0.3, 0.4) is 0 Å². The Morgan fingerprint density at radius 3 is 2.04 bits per heavy atom. The third-order valence-corrected chi connectivity index (χ3v) is 3.69. The van der Waals surface area contributed by atoms with E-state index in [1.54, 1.807) is 18.3 Å². The molecule has 0 bridgehead atoms. The van der Waals surface area contributed by atoms with E-state index in [1.165, 1.54) is 0 Å². The van der Waals surface area contributed by atoms with E-state index in [4.69, 9.17) is 69.7 Å². The SMILES string of the molecule is Nc1ccnc(-c2nc(Cl)c(Cl)c(Cl)c2Cl)c1.O=S(=O)([O-])[O-].[Fe+2]. The Balaban J connectivity index is 0.000000709. The molecule has 0 atom stereocenters. The van der Waals surface area contributed by atoms with Gasteiger partial charge in [-0.05, 0) is 12.1 Å². The van der Waals surface area contributed by atoms with Gasteiger partial charge in [-0.3, -0.25) is 13.4 Å².